The van der Waals surface area contributed by atoms with Crippen LogP contribution in [0.25, 0.3) is 0 Å². The Morgan fingerprint density at radius 2 is 2.07 bits per heavy atom. The third-order valence-corrected chi connectivity index (χ3v) is 4.53. The van der Waals surface area contributed by atoms with Gasteiger partial charge in [-0.05, 0) is 18.4 Å². The van der Waals surface area contributed by atoms with Gasteiger partial charge in [0.05, 0.1) is 12.8 Å². The molecule has 9 heteroatoms. The number of hydrogen-bond acceptors (Lipinski definition) is 7. The molecule has 2 heterocycles. The molecule has 1 atom stereocenters. The molecule has 0 saturated carbocycles. The molecule has 27 heavy (non-hydrogen) atoms. The van der Waals surface area contributed by atoms with Crippen LogP contribution in [0.15, 0.2) is 42.2 Å². The number of benzene rings is 1. The monoisotopic (exact) mass is 375 g/mol. The number of carbonyl (C=O) groups excluding carboxylic acids is 2. The number of hydrogen-bond donors (Lipinski definition) is 2. The van der Waals surface area contributed by atoms with Gasteiger partial charge in [-0.3, -0.25) is 5.01 Å². The van der Waals surface area contributed by atoms with E-state index in [9.17, 15) is 9.59 Å². The minimum atomic E-state index is -0.571. The lowest BCUT2D eigenvalue weighted by molar-refractivity contribution is 0.0569. The fraction of sp³-hybridized carbons (Fsp3) is 0.444. The second-order valence-corrected chi connectivity index (χ2v) is 6.53. The number of likely N-dealkylation sites (tertiary alicyclic amines) is 1. The number of piperidine rings is 1. The molecule has 0 radical (unpaired) electrons. The Morgan fingerprint density at radius 3 is 2.81 bits per heavy atom. The number of amides is 2. The van der Waals surface area contributed by atoms with Crippen LogP contribution in [0.3, 0.4) is 0 Å². The highest BCUT2D eigenvalue weighted by molar-refractivity contribution is 5.68. The summed E-state index contributed by atoms with van der Waals surface area (Å²) < 4.78 is 10.1. The average molecular weight is 375 g/mol. The molecular weight excluding hydrogens is 350 g/mol. The van der Waals surface area contributed by atoms with Crippen molar-refractivity contribution in [3.63, 3.8) is 0 Å². The molecule has 2 aliphatic heterocycles. The number of methoxy groups -OCH3 is 1. The molecule has 2 N–H and O–H groups in total. The van der Waals surface area contributed by atoms with Crippen LogP contribution in [-0.2, 0) is 16.1 Å². The summed E-state index contributed by atoms with van der Waals surface area (Å²) in [6, 6.07) is 9.61. The number of nitrogens with zero attached hydrogens (tertiary/aromatic N) is 3. The molecule has 0 bridgehead atoms. The lowest BCUT2D eigenvalue weighted by atomic mass is 9.95. The number of nitrogens with one attached hydrogen (secondary N) is 2. The van der Waals surface area contributed by atoms with Crippen LogP contribution >= 0.6 is 0 Å². The summed E-state index contributed by atoms with van der Waals surface area (Å²) >= 11 is 0. The van der Waals surface area contributed by atoms with Crippen LogP contribution in [0.5, 0.6) is 0 Å². The molecule has 1 aromatic carbocycles. The summed E-state index contributed by atoms with van der Waals surface area (Å²) in [4.78, 5) is 25.7. The minimum absolute atomic E-state index is 0.0673. The van der Waals surface area contributed by atoms with Crippen molar-refractivity contribution >= 4 is 12.2 Å². The van der Waals surface area contributed by atoms with Crippen molar-refractivity contribution in [3.05, 3.63) is 47.8 Å². The Hall–Kier alpha value is -2.94. The molecule has 1 aromatic rings. The molecular formula is C18H25N5O4. The fourth-order valence-electron chi connectivity index (χ4n) is 3.21. The second kappa shape index (κ2) is 8.63. The first-order chi connectivity index (χ1) is 13.1. The van der Waals surface area contributed by atoms with Gasteiger partial charge < -0.3 is 14.4 Å². The number of rotatable bonds is 4. The van der Waals surface area contributed by atoms with E-state index in [-0.39, 0.29) is 18.6 Å². The standard InChI is InChI=1S/C18H25N5O4/c1-21-12-16(23(20-21)19-17(24)26-2)15-9-6-10-22(11-15)18(25)27-13-14-7-4-3-5-8-14/h3-5,7-8,12,15,20H,6,9-11,13H2,1-2H3,(H,19,24). The number of carbonyl (C=O) groups is 2. The Balaban J connectivity index is 1.58. The highest BCUT2D eigenvalue weighted by atomic mass is 16.6. The van der Waals surface area contributed by atoms with Gasteiger partial charge in [0.15, 0.2) is 0 Å². The fourth-order valence-corrected chi connectivity index (χ4v) is 3.21. The maximum Gasteiger partial charge on any atom is 0.427 e. The molecule has 2 aliphatic rings. The molecule has 3 rings (SSSR count). The lowest BCUT2D eigenvalue weighted by Crippen LogP contribution is -2.52. The van der Waals surface area contributed by atoms with Crippen LogP contribution in [0, 0.1) is 5.92 Å². The van der Waals surface area contributed by atoms with Gasteiger partial charge in [-0.15, -0.1) is 5.53 Å². The van der Waals surface area contributed by atoms with Gasteiger partial charge in [0.2, 0.25) is 0 Å². The van der Waals surface area contributed by atoms with E-state index in [1.54, 1.807) is 9.91 Å². The summed E-state index contributed by atoms with van der Waals surface area (Å²) in [6.45, 7) is 1.43. The maximum atomic E-state index is 12.5. The third kappa shape index (κ3) is 4.82. The van der Waals surface area contributed by atoms with E-state index < -0.39 is 6.09 Å². The summed E-state index contributed by atoms with van der Waals surface area (Å²) in [5, 5.41) is 3.26. The van der Waals surface area contributed by atoms with E-state index in [0.717, 1.165) is 24.1 Å². The SMILES string of the molecule is COC(=O)NN1NN(C)C=C1C1CCCN(C(=O)OCc2ccccc2)C1. The Bertz CT molecular complexity index is 696. The lowest BCUT2D eigenvalue weighted by Gasteiger charge is -2.34. The van der Waals surface area contributed by atoms with Gasteiger partial charge >= 0.3 is 12.2 Å². The largest absolute Gasteiger partial charge is 0.452 e. The van der Waals surface area contributed by atoms with Gasteiger partial charge in [0.1, 0.15) is 6.61 Å². The first kappa shape index (κ1) is 18.8. The highest BCUT2D eigenvalue weighted by Gasteiger charge is 2.33. The second-order valence-electron chi connectivity index (χ2n) is 6.53. The van der Waals surface area contributed by atoms with E-state index >= 15 is 0 Å². The van der Waals surface area contributed by atoms with E-state index in [1.165, 1.54) is 12.2 Å². The Labute approximate surface area is 158 Å². The van der Waals surface area contributed by atoms with Crippen LogP contribution in [0.1, 0.15) is 18.4 Å². The zero-order chi connectivity index (χ0) is 19.2. The molecule has 1 saturated heterocycles. The van der Waals surface area contributed by atoms with Gasteiger partial charge in [0.25, 0.3) is 0 Å². The number of hydrazine groups is 3. The van der Waals surface area contributed by atoms with E-state index in [4.69, 9.17) is 4.74 Å². The molecule has 1 fully saturated rings. The van der Waals surface area contributed by atoms with Crippen LogP contribution in [0.4, 0.5) is 9.59 Å². The highest BCUT2D eigenvalue weighted by Crippen LogP contribution is 2.27. The van der Waals surface area contributed by atoms with Crippen molar-refractivity contribution in [2.75, 3.05) is 27.2 Å². The van der Waals surface area contributed by atoms with E-state index in [2.05, 4.69) is 15.7 Å². The van der Waals surface area contributed by atoms with Crippen molar-refractivity contribution in [2.24, 2.45) is 5.92 Å². The summed E-state index contributed by atoms with van der Waals surface area (Å²) in [7, 11) is 3.14. The molecule has 0 spiro atoms. The third-order valence-electron chi connectivity index (χ3n) is 4.53. The average Bonchev–Trinajstić information content (AvgIpc) is 3.07. The van der Waals surface area contributed by atoms with Crippen molar-refractivity contribution in [3.8, 4) is 0 Å². The zero-order valence-corrected chi connectivity index (χ0v) is 15.6. The van der Waals surface area contributed by atoms with Crippen molar-refractivity contribution in [1.82, 2.24) is 26.0 Å². The summed E-state index contributed by atoms with van der Waals surface area (Å²) in [6.07, 6.45) is 2.76. The molecule has 9 nitrogen and oxygen atoms in total. The predicted octanol–water partition coefficient (Wildman–Crippen LogP) is 1.81. The van der Waals surface area contributed by atoms with Gasteiger partial charge in [-0.25, -0.2) is 15.0 Å². The van der Waals surface area contributed by atoms with Gasteiger partial charge in [0, 0.05) is 32.3 Å². The molecule has 146 valence electrons. The van der Waals surface area contributed by atoms with Gasteiger partial charge in [-0.1, -0.05) is 30.3 Å². The van der Waals surface area contributed by atoms with E-state index in [0.29, 0.717) is 13.1 Å². The smallest absolute Gasteiger partial charge is 0.427 e. The van der Waals surface area contributed by atoms with E-state index in [1.807, 2.05) is 43.6 Å². The summed E-state index contributed by atoms with van der Waals surface area (Å²) in [5.74, 6) is 0.0673. The summed E-state index contributed by atoms with van der Waals surface area (Å²) in [5.41, 5.74) is 7.42. The molecule has 1 unspecified atom stereocenters. The predicted molar refractivity (Wildman–Crippen MR) is 97.3 cm³/mol. The van der Waals surface area contributed by atoms with Crippen molar-refractivity contribution in [1.29, 1.82) is 0 Å². The Kier molecular flexibility index (Phi) is 6.02. The van der Waals surface area contributed by atoms with Crippen molar-refractivity contribution in [2.45, 2.75) is 19.4 Å². The molecule has 0 aromatic heterocycles. The van der Waals surface area contributed by atoms with Crippen LogP contribution in [0.2, 0.25) is 0 Å². The van der Waals surface area contributed by atoms with Crippen molar-refractivity contribution < 1.29 is 19.1 Å². The topological polar surface area (TPSA) is 86.4 Å². The minimum Gasteiger partial charge on any atom is -0.452 e. The van der Waals surface area contributed by atoms with Crippen LogP contribution < -0.4 is 11.0 Å². The number of ether oxygens (including phenoxy) is 2. The first-order valence-electron chi connectivity index (χ1n) is 8.88. The van der Waals surface area contributed by atoms with Gasteiger partial charge in [-0.2, -0.15) is 5.12 Å². The normalized spacial score (nSPS) is 19.6. The molecule has 0 aliphatic carbocycles. The molecule has 2 amide bonds. The Morgan fingerprint density at radius 1 is 1.30 bits per heavy atom. The quantitative estimate of drug-likeness (QED) is 0.830. The maximum absolute atomic E-state index is 12.5. The first-order valence-corrected chi connectivity index (χ1v) is 8.88. The zero-order valence-electron chi connectivity index (χ0n) is 15.6. The van der Waals surface area contributed by atoms with Crippen LogP contribution in [-0.4, -0.2) is 54.5 Å².